The third-order valence-corrected chi connectivity index (χ3v) is 2.98. The lowest BCUT2D eigenvalue weighted by Gasteiger charge is -2.18. The summed E-state index contributed by atoms with van der Waals surface area (Å²) < 4.78 is 5.47. The molecular weight excluding hydrogens is 240 g/mol. The van der Waals surface area contributed by atoms with Crippen molar-refractivity contribution in [1.29, 1.82) is 0 Å². The number of hydrogen-bond acceptors (Lipinski definition) is 3. The molecule has 0 rings (SSSR count). The SMILES string of the molecule is CCCC(C)NC(=O)C(C)NCCCCOC(C)C. The molecule has 0 heterocycles. The van der Waals surface area contributed by atoms with Crippen molar-refractivity contribution in [3.05, 3.63) is 0 Å². The van der Waals surface area contributed by atoms with Crippen LogP contribution in [-0.4, -0.2) is 37.2 Å². The lowest BCUT2D eigenvalue weighted by atomic mass is 10.2. The molecular formula is C15H32N2O2. The van der Waals surface area contributed by atoms with Crippen LogP contribution in [0.3, 0.4) is 0 Å². The highest BCUT2D eigenvalue weighted by molar-refractivity contribution is 5.81. The van der Waals surface area contributed by atoms with Crippen LogP contribution in [0, 0.1) is 0 Å². The minimum absolute atomic E-state index is 0.0966. The summed E-state index contributed by atoms with van der Waals surface area (Å²) in [5, 5.41) is 6.27. The Morgan fingerprint density at radius 3 is 2.42 bits per heavy atom. The lowest BCUT2D eigenvalue weighted by molar-refractivity contribution is -0.123. The summed E-state index contributed by atoms with van der Waals surface area (Å²) in [4.78, 5) is 11.8. The van der Waals surface area contributed by atoms with Crippen molar-refractivity contribution in [1.82, 2.24) is 10.6 Å². The number of hydrogen-bond donors (Lipinski definition) is 2. The van der Waals surface area contributed by atoms with Gasteiger partial charge >= 0.3 is 0 Å². The van der Waals surface area contributed by atoms with E-state index in [1.165, 1.54) is 0 Å². The summed E-state index contributed by atoms with van der Waals surface area (Å²) in [5.41, 5.74) is 0. The van der Waals surface area contributed by atoms with E-state index in [9.17, 15) is 4.79 Å². The molecule has 2 unspecified atom stereocenters. The minimum Gasteiger partial charge on any atom is -0.379 e. The van der Waals surface area contributed by atoms with Gasteiger partial charge in [0, 0.05) is 12.6 Å². The highest BCUT2D eigenvalue weighted by Gasteiger charge is 2.13. The topological polar surface area (TPSA) is 50.4 Å². The molecule has 0 aliphatic heterocycles. The molecule has 0 aromatic carbocycles. The normalized spacial score (nSPS) is 14.4. The fourth-order valence-corrected chi connectivity index (χ4v) is 1.83. The van der Waals surface area contributed by atoms with Crippen LogP contribution in [0.2, 0.25) is 0 Å². The first-order chi connectivity index (χ1) is 8.97. The van der Waals surface area contributed by atoms with Crippen LogP contribution in [0.4, 0.5) is 0 Å². The lowest BCUT2D eigenvalue weighted by Crippen LogP contribution is -2.45. The molecule has 2 N–H and O–H groups in total. The zero-order valence-corrected chi connectivity index (χ0v) is 13.3. The second-order valence-corrected chi connectivity index (χ2v) is 5.50. The van der Waals surface area contributed by atoms with Gasteiger partial charge < -0.3 is 15.4 Å². The number of carbonyl (C=O) groups is 1. The quantitative estimate of drug-likeness (QED) is 0.568. The Labute approximate surface area is 118 Å². The number of ether oxygens (including phenoxy) is 1. The summed E-state index contributed by atoms with van der Waals surface area (Å²) >= 11 is 0. The number of nitrogens with one attached hydrogen (secondary N) is 2. The van der Waals surface area contributed by atoms with Crippen molar-refractivity contribution in [3.63, 3.8) is 0 Å². The van der Waals surface area contributed by atoms with Crippen LogP contribution in [0.1, 0.15) is 60.3 Å². The maximum atomic E-state index is 11.8. The monoisotopic (exact) mass is 272 g/mol. The van der Waals surface area contributed by atoms with Crippen molar-refractivity contribution in [2.75, 3.05) is 13.2 Å². The van der Waals surface area contributed by atoms with Crippen molar-refractivity contribution in [2.45, 2.75) is 78.5 Å². The zero-order chi connectivity index (χ0) is 14.7. The van der Waals surface area contributed by atoms with E-state index in [0.717, 1.165) is 38.8 Å². The smallest absolute Gasteiger partial charge is 0.237 e. The van der Waals surface area contributed by atoms with Gasteiger partial charge in [0.25, 0.3) is 0 Å². The fraction of sp³-hybridized carbons (Fsp3) is 0.933. The van der Waals surface area contributed by atoms with Crippen LogP contribution in [0.15, 0.2) is 0 Å². The third-order valence-electron chi connectivity index (χ3n) is 2.98. The molecule has 0 spiro atoms. The molecule has 0 fully saturated rings. The Kier molecular flexibility index (Phi) is 10.9. The van der Waals surface area contributed by atoms with Crippen molar-refractivity contribution < 1.29 is 9.53 Å². The first kappa shape index (κ1) is 18.4. The van der Waals surface area contributed by atoms with E-state index in [1.54, 1.807) is 0 Å². The van der Waals surface area contributed by atoms with E-state index in [1.807, 2.05) is 20.8 Å². The molecule has 0 aromatic heterocycles. The number of carbonyl (C=O) groups excluding carboxylic acids is 1. The van der Waals surface area contributed by atoms with Gasteiger partial charge in [0.05, 0.1) is 12.1 Å². The van der Waals surface area contributed by atoms with Gasteiger partial charge in [-0.05, 0) is 53.5 Å². The predicted octanol–water partition coefficient (Wildman–Crippen LogP) is 2.47. The van der Waals surface area contributed by atoms with Crippen LogP contribution < -0.4 is 10.6 Å². The highest BCUT2D eigenvalue weighted by atomic mass is 16.5. The van der Waals surface area contributed by atoms with E-state index in [2.05, 4.69) is 24.5 Å². The Morgan fingerprint density at radius 2 is 1.84 bits per heavy atom. The minimum atomic E-state index is -0.120. The van der Waals surface area contributed by atoms with E-state index in [0.29, 0.717) is 6.10 Å². The average Bonchev–Trinajstić information content (AvgIpc) is 2.33. The number of amides is 1. The Balaban J connectivity index is 3.56. The van der Waals surface area contributed by atoms with Crippen LogP contribution >= 0.6 is 0 Å². The maximum Gasteiger partial charge on any atom is 0.237 e. The number of unbranched alkanes of at least 4 members (excludes halogenated alkanes) is 1. The second kappa shape index (κ2) is 11.2. The third kappa shape index (κ3) is 11.0. The van der Waals surface area contributed by atoms with Gasteiger partial charge in [0.2, 0.25) is 5.91 Å². The zero-order valence-electron chi connectivity index (χ0n) is 13.3. The number of rotatable bonds is 11. The summed E-state index contributed by atoms with van der Waals surface area (Å²) in [5.74, 6) is 0.0966. The fourth-order valence-electron chi connectivity index (χ4n) is 1.83. The summed E-state index contributed by atoms with van der Waals surface area (Å²) in [6.07, 6.45) is 4.50. The molecule has 0 aliphatic carbocycles. The second-order valence-electron chi connectivity index (χ2n) is 5.50. The van der Waals surface area contributed by atoms with E-state index in [4.69, 9.17) is 4.74 Å². The molecule has 19 heavy (non-hydrogen) atoms. The summed E-state index contributed by atoms with van der Waals surface area (Å²) in [6.45, 7) is 11.8. The molecule has 1 amide bonds. The van der Waals surface area contributed by atoms with Gasteiger partial charge in [0.1, 0.15) is 0 Å². The Morgan fingerprint density at radius 1 is 1.16 bits per heavy atom. The van der Waals surface area contributed by atoms with Crippen molar-refractivity contribution >= 4 is 5.91 Å². The first-order valence-corrected chi connectivity index (χ1v) is 7.62. The largest absolute Gasteiger partial charge is 0.379 e. The Bertz CT molecular complexity index is 232. The van der Waals surface area contributed by atoms with Gasteiger partial charge in [-0.1, -0.05) is 13.3 Å². The molecule has 4 heteroatoms. The molecule has 0 bridgehead atoms. The van der Waals surface area contributed by atoms with E-state index < -0.39 is 0 Å². The van der Waals surface area contributed by atoms with E-state index in [-0.39, 0.29) is 18.0 Å². The maximum absolute atomic E-state index is 11.8. The average molecular weight is 272 g/mol. The molecule has 0 saturated heterocycles. The van der Waals surface area contributed by atoms with Gasteiger partial charge in [-0.2, -0.15) is 0 Å². The van der Waals surface area contributed by atoms with Crippen molar-refractivity contribution in [3.8, 4) is 0 Å². The molecule has 4 nitrogen and oxygen atoms in total. The van der Waals surface area contributed by atoms with E-state index >= 15 is 0 Å². The van der Waals surface area contributed by atoms with Gasteiger partial charge in [-0.15, -0.1) is 0 Å². The highest BCUT2D eigenvalue weighted by Crippen LogP contribution is 1.97. The summed E-state index contributed by atoms with van der Waals surface area (Å²) in [7, 11) is 0. The Hall–Kier alpha value is -0.610. The van der Waals surface area contributed by atoms with Gasteiger partial charge in [-0.25, -0.2) is 0 Å². The van der Waals surface area contributed by atoms with Crippen molar-refractivity contribution in [2.24, 2.45) is 0 Å². The predicted molar refractivity (Wildman–Crippen MR) is 80.3 cm³/mol. The standard InChI is InChI=1S/C15H32N2O2/c1-6-9-13(4)17-15(18)14(5)16-10-7-8-11-19-12(2)3/h12-14,16H,6-11H2,1-5H3,(H,17,18). The first-order valence-electron chi connectivity index (χ1n) is 7.62. The molecule has 0 aliphatic rings. The van der Waals surface area contributed by atoms with Crippen LogP contribution in [-0.2, 0) is 9.53 Å². The molecule has 0 aromatic rings. The molecule has 0 saturated carbocycles. The molecule has 2 atom stereocenters. The molecule has 0 radical (unpaired) electrons. The van der Waals surface area contributed by atoms with Crippen LogP contribution in [0.25, 0.3) is 0 Å². The van der Waals surface area contributed by atoms with Gasteiger partial charge in [0.15, 0.2) is 0 Å². The summed E-state index contributed by atoms with van der Waals surface area (Å²) in [6, 6.07) is 0.145. The van der Waals surface area contributed by atoms with Gasteiger partial charge in [-0.3, -0.25) is 4.79 Å². The van der Waals surface area contributed by atoms with Crippen LogP contribution in [0.5, 0.6) is 0 Å². The molecule has 114 valence electrons.